The van der Waals surface area contributed by atoms with Gasteiger partial charge in [-0.05, 0) is 31.7 Å². The van der Waals surface area contributed by atoms with Crippen LogP contribution in [0.3, 0.4) is 0 Å². The highest BCUT2D eigenvalue weighted by molar-refractivity contribution is 5.86. The summed E-state index contributed by atoms with van der Waals surface area (Å²) in [6.45, 7) is 5.16. The number of hydrogen-bond acceptors (Lipinski definition) is 2. The van der Waals surface area contributed by atoms with Crippen molar-refractivity contribution in [2.45, 2.75) is 45.1 Å². The van der Waals surface area contributed by atoms with Crippen LogP contribution in [0.25, 0.3) is 0 Å². The summed E-state index contributed by atoms with van der Waals surface area (Å²) in [6.07, 6.45) is 1.32. The molecule has 1 aromatic rings. The fourth-order valence-corrected chi connectivity index (χ4v) is 1.70. The van der Waals surface area contributed by atoms with Crippen LogP contribution in [0.5, 0.6) is 0 Å². The topological polar surface area (TPSA) is 37.3 Å². The molecule has 0 fully saturated rings. The lowest BCUT2D eigenvalue weighted by atomic mass is 9.87. The third kappa shape index (κ3) is 3.46. The summed E-state index contributed by atoms with van der Waals surface area (Å²) >= 11 is 0. The van der Waals surface area contributed by atoms with Gasteiger partial charge in [0, 0.05) is 6.42 Å². The SMILES string of the molecule is CCC(CC(=O)C(C)(C)O)c1ccccc1. The first-order valence-corrected chi connectivity index (χ1v) is 5.75. The van der Waals surface area contributed by atoms with Crippen LogP contribution >= 0.6 is 0 Å². The molecule has 0 saturated heterocycles. The van der Waals surface area contributed by atoms with Crippen molar-refractivity contribution in [1.82, 2.24) is 0 Å². The van der Waals surface area contributed by atoms with Crippen molar-refractivity contribution in [3.8, 4) is 0 Å². The summed E-state index contributed by atoms with van der Waals surface area (Å²) in [5.41, 5.74) is -0.0510. The lowest BCUT2D eigenvalue weighted by Crippen LogP contribution is -2.32. The summed E-state index contributed by atoms with van der Waals surface area (Å²) in [4.78, 5) is 11.8. The van der Waals surface area contributed by atoms with E-state index in [0.717, 1.165) is 6.42 Å². The molecule has 0 aliphatic heterocycles. The molecule has 1 aromatic carbocycles. The minimum absolute atomic E-state index is 0.0943. The molecule has 2 nitrogen and oxygen atoms in total. The molecular formula is C14H20O2. The molecule has 1 N–H and O–H groups in total. The maximum atomic E-state index is 11.8. The Kier molecular flexibility index (Phi) is 4.25. The normalized spacial score (nSPS) is 13.5. The average Bonchev–Trinajstić information content (AvgIpc) is 2.25. The van der Waals surface area contributed by atoms with Crippen LogP contribution in [0.2, 0.25) is 0 Å². The van der Waals surface area contributed by atoms with E-state index in [0.29, 0.717) is 6.42 Å². The minimum atomic E-state index is -1.22. The van der Waals surface area contributed by atoms with Gasteiger partial charge in [-0.2, -0.15) is 0 Å². The molecule has 0 bridgehead atoms. The molecule has 0 radical (unpaired) electrons. The first kappa shape index (κ1) is 12.9. The van der Waals surface area contributed by atoms with Crippen LogP contribution in [0, 0.1) is 0 Å². The zero-order valence-electron chi connectivity index (χ0n) is 10.2. The highest BCUT2D eigenvalue weighted by atomic mass is 16.3. The molecule has 0 aliphatic carbocycles. The summed E-state index contributed by atoms with van der Waals surface area (Å²) < 4.78 is 0. The van der Waals surface area contributed by atoms with Crippen LogP contribution in [0.1, 0.15) is 45.1 Å². The minimum Gasteiger partial charge on any atom is -0.383 e. The van der Waals surface area contributed by atoms with Gasteiger partial charge >= 0.3 is 0 Å². The molecule has 16 heavy (non-hydrogen) atoms. The number of ketones is 1. The Morgan fingerprint density at radius 1 is 1.31 bits per heavy atom. The van der Waals surface area contributed by atoms with E-state index in [4.69, 9.17) is 0 Å². The molecule has 1 atom stereocenters. The van der Waals surface area contributed by atoms with Crippen molar-refractivity contribution < 1.29 is 9.90 Å². The number of rotatable bonds is 5. The Labute approximate surface area is 97.3 Å². The molecule has 0 amide bonds. The van der Waals surface area contributed by atoms with Gasteiger partial charge in [0.05, 0.1) is 0 Å². The Balaban J connectivity index is 2.75. The molecule has 0 aliphatic rings. The van der Waals surface area contributed by atoms with Crippen molar-refractivity contribution in [3.63, 3.8) is 0 Å². The van der Waals surface area contributed by atoms with E-state index in [2.05, 4.69) is 6.92 Å². The van der Waals surface area contributed by atoms with E-state index in [1.807, 2.05) is 30.3 Å². The standard InChI is InChI=1S/C14H20O2/c1-4-11(10-13(15)14(2,3)16)12-8-6-5-7-9-12/h5-9,11,16H,4,10H2,1-3H3. The van der Waals surface area contributed by atoms with Crippen LogP contribution in [-0.2, 0) is 4.79 Å². The maximum Gasteiger partial charge on any atom is 0.164 e. The van der Waals surface area contributed by atoms with Crippen molar-refractivity contribution >= 4 is 5.78 Å². The second kappa shape index (κ2) is 5.26. The number of carbonyl (C=O) groups excluding carboxylic acids is 1. The van der Waals surface area contributed by atoms with Gasteiger partial charge in [0.15, 0.2) is 5.78 Å². The van der Waals surface area contributed by atoms with Gasteiger partial charge in [0.1, 0.15) is 5.60 Å². The Morgan fingerprint density at radius 3 is 2.31 bits per heavy atom. The van der Waals surface area contributed by atoms with Gasteiger partial charge in [0.2, 0.25) is 0 Å². The van der Waals surface area contributed by atoms with Crippen LogP contribution in [0.15, 0.2) is 30.3 Å². The van der Waals surface area contributed by atoms with Gasteiger partial charge in [0.25, 0.3) is 0 Å². The molecular weight excluding hydrogens is 200 g/mol. The summed E-state index contributed by atoms with van der Waals surface area (Å²) in [5, 5.41) is 9.63. The summed E-state index contributed by atoms with van der Waals surface area (Å²) in [7, 11) is 0. The summed E-state index contributed by atoms with van der Waals surface area (Å²) in [6, 6.07) is 9.99. The Hall–Kier alpha value is -1.15. The lowest BCUT2D eigenvalue weighted by molar-refractivity contribution is -0.134. The molecule has 0 heterocycles. The molecule has 0 aromatic heterocycles. The highest BCUT2D eigenvalue weighted by Gasteiger charge is 2.26. The van der Waals surface area contributed by atoms with E-state index < -0.39 is 5.60 Å². The van der Waals surface area contributed by atoms with Gasteiger partial charge in [-0.15, -0.1) is 0 Å². The zero-order chi connectivity index (χ0) is 12.2. The Bertz CT molecular complexity index is 336. The predicted octanol–water partition coefficient (Wildman–Crippen LogP) is 2.91. The first-order valence-electron chi connectivity index (χ1n) is 5.75. The molecule has 0 spiro atoms. The molecule has 1 rings (SSSR count). The lowest BCUT2D eigenvalue weighted by Gasteiger charge is -2.20. The zero-order valence-corrected chi connectivity index (χ0v) is 10.2. The van der Waals surface area contributed by atoms with E-state index >= 15 is 0 Å². The smallest absolute Gasteiger partial charge is 0.164 e. The molecule has 88 valence electrons. The van der Waals surface area contributed by atoms with Crippen molar-refractivity contribution in [2.24, 2.45) is 0 Å². The number of hydrogen-bond donors (Lipinski definition) is 1. The van der Waals surface area contributed by atoms with Crippen molar-refractivity contribution in [2.75, 3.05) is 0 Å². The van der Waals surface area contributed by atoms with Crippen LogP contribution in [0.4, 0.5) is 0 Å². The number of Topliss-reactive ketones (excluding diaryl/α,β-unsaturated/α-hetero) is 1. The van der Waals surface area contributed by atoms with Crippen molar-refractivity contribution in [3.05, 3.63) is 35.9 Å². The molecule has 0 saturated carbocycles. The van der Waals surface area contributed by atoms with E-state index in [9.17, 15) is 9.90 Å². The average molecular weight is 220 g/mol. The van der Waals surface area contributed by atoms with Gasteiger partial charge in [-0.3, -0.25) is 4.79 Å². The first-order chi connectivity index (χ1) is 7.45. The second-order valence-electron chi connectivity index (χ2n) is 4.70. The Morgan fingerprint density at radius 2 is 1.88 bits per heavy atom. The second-order valence-corrected chi connectivity index (χ2v) is 4.70. The predicted molar refractivity (Wildman–Crippen MR) is 65.4 cm³/mol. The van der Waals surface area contributed by atoms with E-state index in [1.54, 1.807) is 13.8 Å². The fourth-order valence-electron chi connectivity index (χ4n) is 1.70. The van der Waals surface area contributed by atoms with Crippen LogP contribution in [-0.4, -0.2) is 16.5 Å². The highest BCUT2D eigenvalue weighted by Crippen LogP contribution is 2.25. The fraction of sp³-hybridized carbons (Fsp3) is 0.500. The van der Waals surface area contributed by atoms with Gasteiger partial charge in [-0.25, -0.2) is 0 Å². The number of carbonyl (C=O) groups is 1. The number of aliphatic hydroxyl groups is 1. The van der Waals surface area contributed by atoms with E-state index in [-0.39, 0.29) is 11.7 Å². The van der Waals surface area contributed by atoms with Crippen molar-refractivity contribution in [1.29, 1.82) is 0 Å². The largest absolute Gasteiger partial charge is 0.383 e. The monoisotopic (exact) mass is 220 g/mol. The molecule has 2 heteroatoms. The third-order valence-corrected chi connectivity index (χ3v) is 2.88. The number of benzene rings is 1. The quantitative estimate of drug-likeness (QED) is 0.828. The van der Waals surface area contributed by atoms with Crippen LogP contribution < -0.4 is 0 Å². The van der Waals surface area contributed by atoms with E-state index in [1.165, 1.54) is 5.56 Å². The van der Waals surface area contributed by atoms with Gasteiger partial charge < -0.3 is 5.11 Å². The maximum absolute atomic E-state index is 11.8. The van der Waals surface area contributed by atoms with Gasteiger partial charge in [-0.1, -0.05) is 37.3 Å². The summed E-state index contributed by atoms with van der Waals surface area (Å²) in [5.74, 6) is 0.114. The molecule has 1 unspecified atom stereocenters. The third-order valence-electron chi connectivity index (χ3n) is 2.88.